The molecule has 0 spiro atoms. The van der Waals surface area contributed by atoms with Crippen LogP contribution in [0.3, 0.4) is 0 Å². The first-order valence-corrected chi connectivity index (χ1v) is 11.3. The molecule has 0 saturated heterocycles. The second kappa shape index (κ2) is 9.13. The lowest BCUT2D eigenvalue weighted by Gasteiger charge is -2.11. The van der Waals surface area contributed by atoms with Crippen molar-refractivity contribution in [2.24, 2.45) is 0 Å². The van der Waals surface area contributed by atoms with Crippen LogP contribution in [0.15, 0.2) is 84.9 Å². The first-order valence-electron chi connectivity index (χ1n) is 10.9. The van der Waals surface area contributed by atoms with Crippen LogP contribution in [0.2, 0.25) is 5.02 Å². The number of anilines is 1. The molecule has 2 aromatic heterocycles. The molecule has 9 heteroatoms. The number of aryl methyl sites for hydroxylation is 1. The largest absolute Gasteiger partial charge is 0.435 e. The van der Waals surface area contributed by atoms with E-state index in [1.54, 1.807) is 54.6 Å². The Morgan fingerprint density at radius 2 is 1.64 bits per heavy atom. The van der Waals surface area contributed by atoms with E-state index in [0.29, 0.717) is 22.5 Å². The highest BCUT2D eigenvalue weighted by atomic mass is 35.5. The number of benzene rings is 3. The van der Waals surface area contributed by atoms with E-state index in [0.717, 1.165) is 27.3 Å². The minimum Gasteiger partial charge on any atom is -0.321 e. The van der Waals surface area contributed by atoms with Gasteiger partial charge in [0.25, 0.3) is 5.91 Å². The summed E-state index contributed by atoms with van der Waals surface area (Å²) in [6, 6.07) is 23.0. The van der Waals surface area contributed by atoms with E-state index in [-0.39, 0.29) is 16.6 Å². The standard InChI is InChI=1S/C27H18ClF3N4O/c1-16-14-22(19-6-2-4-8-21(19)32-16)33-26(36)18-12-10-17(11-13-18)24-15-25(27(29,30)31)34-35(24)23-9-5-3-7-20(23)28/h2-15H,1H3,(H,32,33,36). The van der Waals surface area contributed by atoms with E-state index in [1.165, 1.54) is 0 Å². The number of pyridine rings is 1. The third-order valence-electron chi connectivity index (χ3n) is 5.62. The Labute approximate surface area is 209 Å². The molecule has 5 nitrogen and oxygen atoms in total. The van der Waals surface area contributed by atoms with Crippen LogP contribution < -0.4 is 5.32 Å². The van der Waals surface area contributed by atoms with Crippen molar-refractivity contribution in [3.8, 4) is 16.9 Å². The molecule has 0 saturated carbocycles. The zero-order valence-corrected chi connectivity index (χ0v) is 19.6. The van der Waals surface area contributed by atoms with Gasteiger partial charge in [-0.1, -0.05) is 54.1 Å². The van der Waals surface area contributed by atoms with Crippen molar-refractivity contribution in [3.63, 3.8) is 0 Å². The molecule has 0 aliphatic heterocycles. The van der Waals surface area contributed by atoms with Crippen LogP contribution in [0.25, 0.3) is 27.8 Å². The fraction of sp³-hybridized carbons (Fsp3) is 0.0741. The van der Waals surface area contributed by atoms with Crippen LogP contribution >= 0.6 is 11.6 Å². The van der Waals surface area contributed by atoms with Crippen LogP contribution in [0, 0.1) is 6.92 Å². The highest BCUT2D eigenvalue weighted by Crippen LogP contribution is 2.34. The molecular formula is C27H18ClF3N4O. The van der Waals surface area contributed by atoms with Gasteiger partial charge in [-0.2, -0.15) is 18.3 Å². The second-order valence-electron chi connectivity index (χ2n) is 8.14. The first kappa shape index (κ1) is 23.6. The predicted octanol–water partition coefficient (Wildman–Crippen LogP) is 7.32. The molecule has 5 rings (SSSR count). The van der Waals surface area contributed by atoms with Crippen molar-refractivity contribution in [1.29, 1.82) is 0 Å². The van der Waals surface area contributed by atoms with Crippen LogP contribution in [0.5, 0.6) is 0 Å². The number of carbonyl (C=O) groups excluding carboxylic acids is 1. The van der Waals surface area contributed by atoms with E-state index in [4.69, 9.17) is 11.6 Å². The molecule has 1 amide bonds. The van der Waals surface area contributed by atoms with Gasteiger partial charge in [0, 0.05) is 22.2 Å². The van der Waals surface area contributed by atoms with Gasteiger partial charge in [0.05, 0.1) is 27.6 Å². The summed E-state index contributed by atoms with van der Waals surface area (Å²) in [5.74, 6) is -0.354. The SMILES string of the molecule is Cc1cc(NC(=O)c2ccc(-c3cc(C(F)(F)F)nn3-c3ccccc3Cl)cc2)c2ccccc2n1. The second-order valence-corrected chi connectivity index (χ2v) is 8.54. The van der Waals surface area contributed by atoms with Gasteiger partial charge >= 0.3 is 6.18 Å². The predicted molar refractivity (Wildman–Crippen MR) is 133 cm³/mol. The number of hydrogen-bond donors (Lipinski definition) is 1. The quantitative estimate of drug-likeness (QED) is 0.278. The zero-order valence-electron chi connectivity index (χ0n) is 18.8. The summed E-state index contributed by atoms with van der Waals surface area (Å²) in [4.78, 5) is 17.4. The fourth-order valence-electron chi connectivity index (χ4n) is 3.93. The van der Waals surface area contributed by atoms with Gasteiger partial charge in [0.15, 0.2) is 5.69 Å². The Hall–Kier alpha value is -4.17. The number of fused-ring (bicyclic) bond motifs is 1. The lowest BCUT2D eigenvalue weighted by atomic mass is 10.1. The average molecular weight is 507 g/mol. The summed E-state index contributed by atoms with van der Waals surface area (Å²) in [6.45, 7) is 1.84. The Morgan fingerprint density at radius 3 is 2.36 bits per heavy atom. The van der Waals surface area contributed by atoms with Gasteiger partial charge in [-0.25, -0.2) is 4.68 Å². The Balaban J connectivity index is 1.49. The molecule has 0 radical (unpaired) electrons. The maximum absolute atomic E-state index is 13.5. The van der Waals surface area contributed by atoms with Gasteiger partial charge in [0.2, 0.25) is 0 Å². The van der Waals surface area contributed by atoms with E-state index < -0.39 is 11.9 Å². The van der Waals surface area contributed by atoms with Crippen LogP contribution in [0.1, 0.15) is 21.7 Å². The molecule has 0 aliphatic carbocycles. The van der Waals surface area contributed by atoms with Crippen LogP contribution in [-0.4, -0.2) is 20.7 Å². The molecule has 0 aliphatic rings. The molecule has 2 heterocycles. The van der Waals surface area contributed by atoms with E-state index in [2.05, 4.69) is 15.4 Å². The molecular weight excluding hydrogens is 489 g/mol. The molecule has 0 unspecified atom stereocenters. The van der Waals surface area contributed by atoms with E-state index in [1.807, 2.05) is 31.2 Å². The lowest BCUT2D eigenvalue weighted by Crippen LogP contribution is -2.12. The van der Waals surface area contributed by atoms with Crippen molar-refractivity contribution in [3.05, 3.63) is 107 Å². The van der Waals surface area contributed by atoms with E-state index in [9.17, 15) is 18.0 Å². The summed E-state index contributed by atoms with van der Waals surface area (Å²) in [5, 5.41) is 7.73. The summed E-state index contributed by atoms with van der Waals surface area (Å²) >= 11 is 6.24. The van der Waals surface area contributed by atoms with Gasteiger partial charge in [0.1, 0.15) is 0 Å². The number of para-hydroxylation sites is 2. The van der Waals surface area contributed by atoms with Crippen LogP contribution in [-0.2, 0) is 6.18 Å². The minimum atomic E-state index is -4.63. The van der Waals surface area contributed by atoms with Gasteiger partial charge in [-0.15, -0.1) is 0 Å². The molecule has 0 fully saturated rings. The minimum absolute atomic E-state index is 0.193. The molecule has 3 aromatic carbocycles. The average Bonchev–Trinajstić information content (AvgIpc) is 3.30. The summed E-state index contributed by atoms with van der Waals surface area (Å²) < 4.78 is 41.5. The smallest absolute Gasteiger partial charge is 0.321 e. The van der Waals surface area contributed by atoms with Crippen molar-refractivity contribution in [2.45, 2.75) is 13.1 Å². The van der Waals surface area contributed by atoms with Gasteiger partial charge in [-0.05, 0) is 49.4 Å². The zero-order chi connectivity index (χ0) is 25.4. The number of halogens is 4. The Morgan fingerprint density at radius 1 is 0.944 bits per heavy atom. The molecule has 0 atom stereocenters. The molecule has 1 N–H and O–H groups in total. The third kappa shape index (κ3) is 4.55. The highest BCUT2D eigenvalue weighted by Gasteiger charge is 2.35. The molecule has 5 aromatic rings. The highest BCUT2D eigenvalue weighted by molar-refractivity contribution is 6.32. The number of carbonyl (C=O) groups is 1. The number of amides is 1. The van der Waals surface area contributed by atoms with Crippen molar-refractivity contribution in [2.75, 3.05) is 5.32 Å². The fourth-order valence-corrected chi connectivity index (χ4v) is 4.15. The topological polar surface area (TPSA) is 59.8 Å². The number of nitrogens with one attached hydrogen (secondary N) is 1. The van der Waals surface area contributed by atoms with Crippen molar-refractivity contribution in [1.82, 2.24) is 14.8 Å². The van der Waals surface area contributed by atoms with E-state index >= 15 is 0 Å². The number of rotatable bonds is 4. The van der Waals surface area contributed by atoms with Gasteiger partial charge < -0.3 is 5.32 Å². The monoisotopic (exact) mass is 506 g/mol. The number of alkyl halides is 3. The summed E-state index contributed by atoms with van der Waals surface area (Å²) in [7, 11) is 0. The number of hydrogen-bond acceptors (Lipinski definition) is 3. The lowest BCUT2D eigenvalue weighted by molar-refractivity contribution is -0.141. The number of nitrogens with zero attached hydrogens (tertiary/aromatic N) is 3. The maximum atomic E-state index is 13.5. The maximum Gasteiger partial charge on any atom is 0.435 e. The summed E-state index contributed by atoms with van der Waals surface area (Å²) in [5.41, 5.74) is 2.39. The molecule has 180 valence electrons. The summed E-state index contributed by atoms with van der Waals surface area (Å²) in [6.07, 6.45) is -4.63. The third-order valence-corrected chi connectivity index (χ3v) is 5.94. The Kier molecular flexibility index (Phi) is 5.97. The number of aromatic nitrogens is 3. The Bertz CT molecular complexity index is 1590. The molecule has 0 bridgehead atoms. The van der Waals surface area contributed by atoms with Crippen molar-refractivity contribution < 1.29 is 18.0 Å². The van der Waals surface area contributed by atoms with Crippen molar-refractivity contribution >= 4 is 34.1 Å². The molecule has 36 heavy (non-hydrogen) atoms. The van der Waals surface area contributed by atoms with Crippen LogP contribution in [0.4, 0.5) is 18.9 Å². The van der Waals surface area contributed by atoms with Gasteiger partial charge in [-0.3, -0.25) is 9.78 Å². The normalized spacial score (nSPS) is 11.6. The first-order chi connectivity index (χ1) is 17.2.